The third kappa shape index (κ3) is 2.68. The lowest BCUT2D eigenvalue weighted by Crippen LogP contribution is -2.29. The minimum Gasteiger partial charge on any atom is -0.478 e. The fourth-order valence-corrected chi connectivity index (χ4v) is 2.49. The van der Waals surface area contributed by atoms with E-state index < -0.39 is 5.97 Å². The molecule has 1 atom stereocenters. The molecular weight excluding hydrogens is 246 g/mol. The lowest BCUT2D eigenvalue weighted by Gasteiger charge is -2.16. The van der Waals surface area contributed by atoms with Crippen LogP contribution in [0, 0.1) is 0 Å². The Morgan fingerprint density at radius 1 is 1.53 bits per heavy atom. The van der Waals surface area contributed by atoms with Gasteiger partial charge in [-0.05, 0) is 33.9 Å². The molecule has 0 saturated carbocycles. The first-order valence-electron chi connectivity index (χ1n) is 6.45. The van der Waals surface area contributed by atoms with Crippen LogP contribution in [0.25, 0.3) is 0 Å². The van der Waals surface area contributed by atoms with Gasteiger partial charge in [-0.2, -0.15) is 4.98 Å². The summed E-state index contributed by atoms with van der Waals surface area (Å²) in [5.41, 5.74) is 0.205. The van der Waals surface area contributed by atoms with Crippen LogP contribution in [-0.4, -0.2) is 45.7 Å². The zero-order valence-electron chi connectivity index (χ0n) is 11.5. The van der Waals surface area contributed by atoms with Gasteiger partial charge in [0.25, 0.3) is 0 Å². The number of hydrogen-bond donors (Lipinski definition) is 1. The molecule has 6 nitrogen and oxygen atoms in total. The van der Waals surface area contributed by atoms with Crippen LogP contribution in [0.4, 0.5) is 0 Å². The van der Waals surface area contributed by atoms with Crippen molar-refractivity contribution in [2.75, 3.05) is 20.1 Å². The smallest absolute Gasteiger partial charge is 0.348 e. The summed E-state index contributed by atoms with van der Waals surface area (Å²) in [6, 6.07) is -0.0987. The molecule has 0 radical (unpaired) electrons. The van der Waals surface area contributed by atoms with Crippen molar-refractivity contribution in [1.82, 2.24) is 14.5 Å². The predicted molar refractivity (Wildman–Crippen MR) is 70.7 cm³/mol. The Morgan fingerprint density at radius 3 is 2.68 bits per heavy atom. The number of hydrogen-bond acceptors (Lipinski definition) is 4. The molecule has 1 saturated heterocycles. The first kappa shape index (κ1) is 13.7. The van der Waals surface area contributed by atoms with E-state index in [1.54, 1.807) is 0 Å². The molecule has 0 aliphatic carbocycles. The number of carbonyl (C=O) groups is 1. The van der Waals surface area contributed by atoms with Gasteiger partial charge in [0.1, 0.15) is 0 Å². The topological polar surface area (TPSA) is 75.4 Å². The van der Waals surface area contributed by atoms with Gasteiger partial charge in [0.05, 0.1) is 11.3 Å². The summed E-state index contributed by atoms with van der Waals surface area (Å²) in [6.07, 6.45) is 2.27. The van der Waals surface area contributed by atoms with Crippen molar-refractivity contribution in [3.63, 3.8) is 0 Å². The lowest BCUT2D eigenvalue weighted by molar-refractivity contribution is 0.0693. The fraction of sp³-hybridized carbons (Fsp3) is 0.615. The van der Waals surface area contributed by atoms with Crippen molar-refractivity contribution in [3.05, 3.63) is 27.9 Å². The number of likely N-dealkylation sites (N-methyl/N-ethyl adjacent to an activating group) is 1. The van der Waals surface area contributed by atoms with E-state index in [-0.39, 0.29) is 23.2 Å². The maximum absolute atomic E-state index is 11.9. The number of likely N-dealkylation sites (tertiary alicyclic amines) is 1. The average molecular weight is 265 g/mol. The number of aromatic carboxylic acids is 1. The van der Waals surface area contributed by atoms with Crippen molar-refractivity contribution in [1.29, 1.82) is 0 Å². The molecule has 1 fully saturated rings. The van der Waals surface area contributed by atoms with E-state index in [2.05, 4.69) is 9.88 Å². The van der Waals surface area contributed by atoms with Crippen molar-refractivity contribution in [2.45, 2.75) is 32.2 Å². The third-order valence-corrected chi connectivity index (χ3v) is 3.55. The second-order valence-corrected chi connectivity index (χ2v) is 5.38. The van der Waals surface area contributed by atoms with Crippen molar-refractivity contribution in [3.8, 4) is 0 Å². The largest absolute Gasteiger partial charge is 0.478 e. The van der Waals surface area contributed by atoms with Crippen LogP contribution in [0.15, 0.2) is 11.0 Å². The van der Waals surface area contributed by atoms with Crippen LogP contribution >= 0.6 is 0 Å². The molecule has 0 bridgehead atoms. The predicted octanol–water partition coefficient (Wildman–Crippen LogP) is 0.942. The van der Waals surface area contributed by atoms with Crippen molar-refractivity contribution >= 4 is 5.97 Å². The normalized spacial score (nSPS) is 20.1. The highest BCUT2D eigenvalue weighted by Gasteiger charge is 2.28. The third-order valence-electron chi connectivity index (χ3n) is 3.55. The van der Waals surface area contributed by atoms with Crippen LogP contribution in [0.1, 0.15) is 48.3 Å². The summed E-state index contributed by atoms with van der Waals surface area (Å²) >= 11 is 0. The Morgan fingerprint density at radius 2 is 2.21 bits per heavy atom. The molecule has 1 aromatic heterocycles. The molecule has 6 heteroatoms. The molecule has 1 unspecified atom stereocenters. The van der Waals surface area contributed by atoms with Crippen LogP contribution < -0.4 is 5.69 Å². The molecule has 2 heterocycles. The number of aromatic nitrogens is 2. The molecular formula is C13H19N3O3. The Kier molecular flexibility index (Phi) is 3.71. The second kappa shape index (κ2) is 5.13. The molecule has 1 aliphatic heterocycles. The van der Waals surface area contributed by atoms with E-state index in [9.17, 15) is 14.7 Å². The maximum Gasteiger partial charge on any atom is 0.348 e. The minimum absolute atomic E-state index is 0.0330. The van der Waals surface area contributed by atoms with Gasteiger partial charge in [-0.25, -0.2) is 9.59 Å². The molecule has 0 aromatic carbocycles. The number of rotatable bonds is 3. The van der Waals surface area contributed by atoms with E-state index in [0.717, 1.165) is 19.5 Å². The Bertz CT molecular complexity index is 551. The van der Waals surface area contributed by atoms with E-state index in [1.165, 1.54) is 10.8 Å². The minimum atomic E-state index is -1.02. The fourth-order valence-electron chi connectivity index (χ4n) is 2.49. The number of carboxylic acids is 1. The Balaban J connectivity index is 2.51. The molecule has 1 N–H and O–H groups in total. The molecule has 19 heavy (non-hydrogen) atoms. The highest BCUT2D eigenvalue weighted by molar-refractivity contribution is 5.88. The van der Waals surface area contributed by atoms with Crippen LogP contribution in [0.3, 0.4) is 0 Å². The van der Waals surface area contributed by atoms with E-state index >= 15 is 0 Å². The van der Waals surface area contributed by atoms with E-state index in [0.29, 0.717) is 5.69 Å². The van der Waals surface area contributed by atoms with Gasteiger partial charge >= 0.3 is 11.7 Å². The first-order valence-corrected chi connectivity index (χ1v) is 6.45. The number of carboxylic acid groups (broad SMARTS) is 1. The van der Waals surface area contributed by atoms with Gasteiger partial charge in [0.15, 0.2) is 0 Å². The highest BCUT2D eigenvalue weighted by atomic mass is 16.4. The SMILES string of the molecule is CC(C)n1cc(C(=O)O)c(C2CCN(C)C2)nc1=O. The van der Waals surface area contributed by atoms with Gasteiger partial charge in [0.2, 0.25) is 0 Å². The molecule has 1 aliphatic rings. The quantitative estimate of drug-likeness (QED) is 0.880. The summed E-state index contributed by atoms with van der Waals surface area (Å²) in [7, 11) is 1.98. The van der Waals surface area contributed by atoms with Gasteiger partial charge in [-0.3, -0.25) is 4.57 Å². The summed E-state index contributed by atoms with van der Waals surface area (Å²) in [5.74, 6) is -0.989. The van der Waals surface area contributed by atoms with Crippen molar-refractivity contribution in [2.24, 2.45) is 0 Å². The van der Waals surface area contributed by atoms with Crippen LogP contribution in [-0.2, 0) is 0 Å². The van der Waals surface area contributed by atoms with Gasteiger partial charge < -0.3 is 10.0 Å². The molecule has 104 valence electrons. The maximum atomic E-state index is 11.9. The Hall–Kier alpha value is -1.69. The van der Waals surface area contributed by atoms with E-state index in [1.807, 2.05) is 20.9 Å². The summed E-state index contributed by atoms with van der Waals surface area (Å²) in [5, 5.41) is 9.32. The number of nitrogens with zero attached hydrogens (tertiary/aromatic N) is 3. The first-order chi connectivity index (χ1) is 8.90. The van der Waals surface area contributed by atoms with Gasteiger partial charge in [0, 0.05) is 24.7 Å². The highest BCUT2D eigenvalue weighted by Crippen LogP contribution is 2.26. The molecule has 0 spiro atoms. The van der Waals surface area contributed by atoms with E-state index in [4.69, 9.17) is 0 Å². The monoisotopic (exact) mass is 265 g/mol. The summed E-state index contributed by atoms with van der Waals surface area (Å²) in [6.45, 7) is 5.31. The Labute approximate surface area is 111 Å². The molecule has 0 amide bonds. The second-order valence-electron chi connectivity index (χ2n) is 5.38. The lowest BCUT2D eigenvalue weighted by atomic mass is 10.00. The average Bonchev–Trinajstić information content (AvgIpc) is 2.74. The molecule has 1 aromatic rings. The van der Waals surface area contributed by atoms with Crippen LogP contribution in [0.2, 0.25) is 0 Å². The standard InChI is InChI=1S/C13H19N3O3/c1-8(2)16-7-10(12(17)18)11(14-13(16)19)9-4-5-15(3)6-9/h7-9H,4-6H2,1-3H3,(H,17,18). The van der Waals surface area contributed by atoms with Gasteiger partial charge in [-0.1, -0.05) is 0 Å². The zero-order valence-corrected chi connectivity index (χ0v) is 11.5. The van der Waals surface area contributed by atoms with Crippen molar-refractivity contribution < 1.29 is 9.90 Å². The van der Waals surface area contributed by atoms with Crippen LogP contribution in [0.5, 0.6) is 0 Å². The van der Waals surface area contributed by atoms with Gasteiger partial charge in [-0.15, -0.1) is 0 Å². The summed E-state index contributed by atoms with van der Waals surface area (Å²) < 4.78 is 1.37. The summed E-state index contributed by atoms with van der Waals surface area (Å²) in [4.78, 5) is 29.5. The zero-order chi connectivity index (χ0) is 14.2. The molecule has 2 rings (SSSR count).